The zero-order valence-corrected chi connectivity index (χ0v) is 15.8. The monoisotopic (exact) mass is 375 g/mol. The summed E-state index contributed by atoms with van der Waals surface area (Å²) in [7, 11) is 1.39. The maximum absolute atomic E-state index is 13.2. The summed E-state index contributed by atoms with van der Waals surface area (Å²) in [6, 6.07) is 19.0. The van der Waals surface area contributed by atoms with E-state index in [4.69, 9.17) is 4.74 Å². The molecule has 0 radical (unpaired) electrons. The minimum Gasteiger partial charge on any atom is -0.469 e. The minimum atomic E-state index is -0.353. The Labute approximate surface area is 163 Å². The van der Waals surface area contributed by atoms with E-state index in [2.05, 4.69) is 5.10 Å². The fraction of sp³-hybridized carbons (Fsp3) is 0.227. The molecule has 4 rings (SSSR count). The van der Waals surface area contributed by atoms with Gasteiger partial charge in [0.1, 0.15) is 0 Å². The molecule has 1 aliphatic rings. The predicted octanol–water partition coefficient (Wildman–Crippen LogP) is 3.49. The van der Waals surface area contributed by atoms with E-state index < -0.39 is 0 Å². The number of benzene rings is 2. The van der Waals surface area contributed by atoms with Crippen LogP contribution in [0.25, 0.3) is 5.69 Å². The Morgan fingerprint density at radius 1 is 1.07 bits per heavy atom. The van der Waals surface area contributed by atoms with Gasteiger partial charge in [0.05, 0.1) is 18.7 Å². The highest BCUT2D eigenvalue weighted by Gasteiger charge is 2.34. The third-order valence-corrected chi connectivity index (χ3v) is 5.08. The van der Waals surface area contributed by atoms with E-state index in [0.717, 1.165) is 22.6 Å². The van der Waals surface area contributed by atoms with Crippen LogP contribution in [0.5, 0.6) is 0 Å². The number of aryl methyl sites for hydroxylation is 1. The van der Waals surface area contributed by atoms with Crippen molar-refractivity contribution in [2.75, 3.05) is 18.6 Å². The lowest BCUT2D eigenvalue weighted by molar-refractivity contribution is -0.142. The highest BCUT2D eigenvalue weighted by molar-refractivity contribution is 6.06. The van der Waals surface area contributed by atoms with Crippen LogP contribution in [0.3, 0.4) is 0 Å². The van der Waals surface area contributed by atoms with Crippen LogP contribution >= 0.6 is 0 Å². The van der Waals surface area contributed by atoms with Crippen LogP contribution < -0.4 is 4.90 Å². The average Bonchev–Trinajstić information content (AvgIpc) is 3.14. The zero-order chi connectivity index (χ0) is 19.7. The summed E-state index contributed by atoms with van der Waals surface area (Å²) in [6.45, 7) is 2.36. The number of hydrogen-bond acceptors (Lipinski definition) is 4. The molecule has 2 aromatic carbocycles. The zero-order valence-electron chi connectivity index (χ0n) is 15.8. The Morgan fingerprint density at radius 2 is 1.79 bits per heavy atom. The number of rotatable bonds is 3. The van der Waals surface area contributed by atoms with Crippen LogP contribution in [0.4, 0.5) is 5.69 Å². The van der Waals surface area contributed by atoms with Crippen molar-refractivity contribution in [3.63, 3.8) is 0 Å². The summed E-state index contributed by atoms with van der Waals surface area (Å²) < 4.78 is 6.70. The van der Waals surface area contributed by atoms with Gasteiger partial charge >= 0.3 is 5.97 Å². The smallest absolute Gasteiger partial charge is 0.313 e. The molecule has 1 amide bonds. The molecule has 0 unspecified atom stereocenters. The molecule has 2 heterocycles. The summed E-state index contributed by atoms with van der Waals surface area (Å²) in [5.41, 5.74) is 3.72. The molecule has 1 aromatic heterocycles. The third-order valence-electron chi connectivity index (χ3n) is 5.08. The quantitative estimate of drug-likeness (QED) is 0.658. The molecular weight excluding hydrogens is 354 g/mol. The van der Waals surface area contributed by atoms with Crippen molar-refractivity contribution in [1.82, 2.24) is 9.78 Å². The number of ether oxygens (including phenoxy) is 1. The van der Waals surface area contributed by atoms with Crippen molar-refractivity contribution < 1.29 is 14.3 Å². The standard InChI is InChI=1S/C22H21N3O3/c1-15-14-19(23-25(15)16-8-4-3-5-9-16)21(26)24-13-12-18(22(27)28-2)17-10-6-7-11-20(17)24/h3-11,14,18H,12-13H2,1-2H3/t18-/m0/s1. The van der Waals surface area contributed by atoms with Gasteiger partial charge in [-0.2, -0.15) is 5.10 Å². The number of fused-ring (bicyclic) bond motifs is 1. The number of carbonyl (C=O) groups is 2. The van der Waals surface area contributed by atoms with Crippen LogP contribution in [-0.4, -0.2) is 35.3 Å². The Kier molecular flexibility index (Phi) is 4.69. The normalized spacial score (nSPS) is 15.8. The molecule has 0 saturated heterocycles. The number of hydrogen-bond donors (Lipinski definition) is 0. The van der Waals surface area contributed by atoms with Gasteiger partial charge in [-0.25, -0.2) is 4.68 Å². The lowest BCUT2D eigenvalue weighted by atomic mass is 9.89. The second-order valence-electron chi connectivity index (χ2n) is 6.80. The average molecular weight is 375 g/mol. The first-order chi connectivity index (χ1) is 13.6. The fourth-order valence-corrected chi connectivity index (χ4v) is 3.71. The number of methoxy groups -OCH3 is 1. The molecule has 6 heteroatoms. The van der Waals surface area contributed by atoms with Gasteiger partial charge in [-0.3, -0.25) is 9.59 Å². The fourth-order valence-electron chi connectivity index (χ4n) is 3.71. The van der Waals surface area contributed by atoms with Gasteiger partial charge in [-0.05, 0) is 43.2 Å². The number of nitrogens with zero attached hydrogens (tertiary/aromatic N) is 3. The highest BCUT2D eigenvalue weighted by Crippen LogP contribution is 2.36. The Hall–Kier alpha value is -3.41. The lowest BCUT2D eigenvalue weighted by Crippen LogP contribution is -2.38. The van der Waals surface area contributed by atoms with E-state index in [-0.39, 0.29) is 17.8 Å². The molecule has 6 nitrogen and oxygen atoms in total. The summed E-state index contributed by atoms with van der Waals surface area (Å²) in [5.74, 6) is -0.800. The van der Waals surface area contributed by atoms with Crippen LogP contribution in [-0.2, 0) is 9.53 Å². The van der Waals surface area contributed by atoms with Crippen LogP contribution in [0.1, 0.15) is 34.1 Å². The first kappa shape index (κ1) is 18.0. The number of para-hydroxylation sites is 2. The van der Waals surface area contributed by atoms with Gasteiger partial charge in [0.15, 0.2) is 5.69 Å². The Balaban J connectivity index is 1.68. The highest BCUT2D eigenvalue weighted by atomic mass is 16.5. The summed E-state index contributed by atoms with van der Waals surface area (Å²) in [6.07, 6.45) is 0.522. The SMILES string of the molecule is COC(=O)[C@H]1CCN(C(=O)c2cc(C)n(-c3ccccc3)n2)c2ccccc21. The summed E-state index contributed by atoms with van der Waals surface area (Å²) in [5, 5.41) is 4.53. The molecule has 142 valence electrons. The molecule has 0 N–H and O–H groups in total. The first-order valence-electron chi connectivity index (χ1n) is 9.21. The van der Waals surface area contributed by atoms with Crippen molar-refractivity contribution in [3.05, 3.63) is 77.6 Å². The Morgan fingerprint density at radius 3 is 2.54 bits per heavy atom. The van der Waals surface area contributed by atoms with E-state index in [9.17, 15) is 9.59 Å². The van der Waals surface area contributed by atoms with Crippen molar-refractivity contribution in [2.24, 2.45) is 0 Å². The maximum atomic E-state index is 13.2. The second-order valence-corrected chi connectivity index (χ2v) is 6.80. The van der Waals surface area contributed by atoms with E-state index in [1.807, 2.05) is 61.5 Å². The molecule has 0 bridgehead atoms. The molecule has 28 heavy (non-hydrogen) atoms. The van der Waals surface area contributed by atoms with Crippen molar-refractivity contribution in [1.29, 1.82) is 0 Å². The van der Waals surface area contributed by atoms with Crippen LogP contribution in [0.2, 0.25) is 0 Å². The second kappa shape index (κ2) is 7.31. The van der Waals surface area contributed by atoms with E-state index in [0.29, 0.717) is 18.7 Å². The lowest BCUT2D eigenvalue weighted by Gasteiger charge is -2.32. The van der Waals surface area contributed by atoms with Crippen molar-refractivity contribution in [2.45, 2.75) is 19.3 Å². The minimum absolute atomic E-state index is 0.173. The van der Waals surface area contributed by atoms with Crippen LogP contribution in [0, 0.1) is 6.92 Å². The van der Waals surface area contributed by atoms with Gasteiger partial charge < -0.3 is 9.64 Å². The van der Waals surface area contributed by atoms with Crippen molar-refractivity contribution in [3.8, 4) is 5.69 Å². The summed E-state index contributed by atoms with van der Waals surface area (Å²) in [4.78, 5) is 27.1. The van der Waals surface area contributed by atoms with Gasteiger partial charge in [-0.1, -0.05) is 36.4 Å². The summed E-state index contributed by atoms with van der Waals surface area (Å²) >= 11 is 0. The van der Waals surface area contributed by atoms with Gasteiger partial charge in [0, 0.05) is 17.9 Å². The number of anilines is 1. The third kappa shape index (κ3) is 3.07. The van der Waals surface area contributed by atoms with E-state index in [1.165, 1.54) is 7.11 Å². The predicted molar refractivity (Wildman–Crippen MR) is 106 cm³/mol. The first-order valence-corrected chi connectivity index (χ1v) is 9.21. The molecule has 0 aliphatic carbocycles. The van der Waals surface area contributed by atoms with E-state index in [1.54, 1.807) is 15.6 Å². The van der Waals surface area contributed by atoms with Gasteiger partial charge in [-0.15, -0.1) is 0 Å². The Bertz CT molecular complexity index is 1030. The number of carbonyl (C=O) groups excluding carboxylic acids is 2. The topological polar surface area (TPSA) is 64.4 Å². The molecule has 0 saturated carbocycles. The number of aromatic nitrogens is 2. The largest absolute Gasteiger partial charge is 0.469 e. The van der Waals surface area contributed by atoms with Crippen molar-refractivity contribution >= 4 is 17.6 Å². The molecule has 1 atom stereocenters. The maximum Gasteiger partial charge on any atom is 0.313 e. The van der Waals surface area contributed by atoms with Gasteiger partial charge in [0.25, 0.3) is 5.91 Å². The van der Waals surface area contributed by atoms with Gasteiger partial charge in [0.2, 0.25) is 0 Å². The number of amides is 1. The molecule has 0 fully saturated rings. The number of esters is 1. The molecule has 0 spiro atoms. The molecule has 3 aromatic rings. The van der Waals surface area contributed by atoms with Crippen LogP contribution in [0.15, 0.2) is 60.7 Å². The van der Waals surface area contributed by atoms with E-state index >= 15 is 0 Å². The molecule has 1 aliphatic heterocycles. The molecular formula is C22H21N3O3.